The van der Waals surface area contributed by atoms with E-state index >= 15 is 0 Å². The standard InChI is InChI=1S/C41H30N2/c1-29-10-11-33(38-19-16-30-6-2-4-8-36(30)26-38)17-20-39(34-14-12-32(13-15-34)35-22-24-42-25-23-35)28-41(43-29)40-21-18-31-7-3-5-9-37(31)27-40/h2-19,21-28H,1,20H2/b11-10-,33-17+,39-28+,43-41?. The molecule has 0 fully saturated rings. The Morgan fingerprint density at radius 3 is 1.77 bits per heavy atom. The number of hydrogen-bond donors (Lipinski definition) is 0. The van der Waals surface area contributed by atoms with Crippen molar-refractivity contribution in [2.45, 2.75) is 6.42 Å². The van der Waals surface area contributed by atoms with Gasteiger partial charge in [-0.3, -0.25) is 4.98 Å². The Balaban J connectivity index is 1.33. The van der Waals surface area contributed by atoms with Crippen LogP contribution < -0.4 is 0 Å². The quantitative estimate of drug-likeness (QED) is 0.214. The highest BCUT2D eigenvalue weighted by atomic mass is 14.7. The molecular formula is C41H30N2. The van der Waals surface area contributed by atoms with Gasteiger partial charge in [0.2, 0.25) is 0 Å². The van der Waals surface area contributed by atoms with Crippen molar-refractivity contribution in [3.63, 3.8) is 0 Å². The first-order valence-electron chi connectivity index (χ1n) is 14.6. The first-order chi connectivity index (χ1) is 21.2. The van der Waals surface area contributed by atoms with Crippen LogP contribution in [0.15, 0.2) is 175 Å². The van der Waals surface area contributed by atoms with E-state index in [-0.39, 0.29) is 0 Å². The van der Waals surface area contributed by atoms with Crippen LogP contribution in [0.4, 0.5) is 0 Å². The predicted octanol–water partition coefficient (Wildman–Crippen LogP) is 10.5. The molecule has 0 bridgehead atoms. The molecule has 43 heavy (non-hydrogen) atoms. The molecule has 2 heteroatoms. The van der Waals surface area contributed by atoms with E-state index in [1.54, 1.807) is 0 Å². The maximum Gasteiger partial charge on any atom is 0.0712 e. The molecule has 2 heterocycles. The fraction of sp³-hybridized carbons (Fsp3) is 0.0244. The zero-order valence-corrected chi connectivity index (χ0v) is 23.8. The number of fused-ring (bicyclic) bond motifs is 2. The average molecular weight is 551 g/mol. The molecule has 0 N–H and O–H groups in total. The van der Waals surface area contributed by atoms with E-state index in [1.165, 1.54) is 38.2 Å². The number of nitrogens with zero attached hydrogens (tertiary/aromatic N) is 2. The van der Waals surface area contributed by atoms with E-state index < -0.39 is 0 Å². The molecule has 1 aliphatic heterocycles. The Kier molecular flexibility index (Phi) is 7.17. The Bertz CT molecular complexity index is 2090. The summed E-state index contributed by atoms with van der Waals surface area (Å²) in [5.74, 6) is 0. The lowest BCUT2D eigenvalue weighted by Crippen LogP contribution is -2.01. The Hall–Kier alpha value is -5.60. The van der Waals surface area contributed by atoms with Crippen molar-refractivity contribution in [3.05, 3.63) is 187 Å². The first-order valence-corrected chi connectivity index (χ1v) is 14.6. The predicted molar refractivity (Wildman–Crippen MR) is 183 cm³/mol. The monoisotopic (exact) mass is 550 g/mol. The average Bonchev–Trinajstić information content (AvgIpc) is 3.07. The minimum Gasteiger partial charge on any atom is -0.265 e. The third-order valence-electron chi connectivity index (χ3n) is 7.97. The summed E-state index contributed by atoms with van der Waals surface area (Å²) in [5, 5.41) is 4.87. The summed E-state index contributed by atoms with van der Waals surface area (Å²) in [6.07, 6.45) is 13.1. The van der Waals surface area contributed by atoms with E-state index in [2.05, 4.69) is 139 Å². The largest absolute Gasteiger partial charge is 0.265 e. The van der Waals surface area contributed by atoms with Gasteiger partial charge < -0.3 is 0 Å². The summed E-state index contributed by atoms with van der Waals surface area (Å²) >= 11 is 0. The molecule has 0 saturated carbocycles. The Labute approximate surface area is 252 Å². The third-order valence-corrected chi connectivity index (χ3v) is 7.97. The number of aliphatic imine (C=N–C) groups is 1. The van der Waals surface area contributed by atoms with Crippen LogP contribution in [0, 0.1) is 0 Å². The van der Waals surface area contributed by atoms with Crippen LogP contribution in [-0.4, -0.2) is 10.7 Å². The van der Waals surface area contributed by atoms with Gasteiger partial charge in [0.05, 0.1) is 11.4 Å². The van der Waals surface area contributed by atoms with Gasteiger partial charge in [0.25, 0.3) is 0 Å². The number of hydrogen-bond acceptors (Lipinski definition) is 2. The summed E-state index contributed by atoms with van der Waals surface area (Å²) in [5.41, 5.74) is 9.67. The van der Waals surface area contributed by atoms with Gasteiger partial charge in [-0.25, -0.2) is 4.99 Å². The number of allylic oxidation sites excluding steroid dienone is 6. The molecule has 0 amide bonds. The van der Waals surface area contributed by atoms with Gasteiger partial charge in [-0.2, -0.15) is 0 Å². The van der Waals surface area contributed by atoms with Gasteiger partial charge in [0.15, 0.2) is 0 Å². The minimum absolute atomic E-state index is 0.709. The normalized spacial score (nSPS) is 17.0. The lowest BCUT2D eigenvalue weighted by atomic mass is 9.93. The zero-order chi connectivity index (χ0) is 29.0. The molecule has 6 aromatic rings. The maximum atomic E-state index is 5.06. The third kappa shape index (κ3) is 5.77. The van der Waals surface area contributed by atoms with Crippen molar-refractivity contribution >= 4 is 38.4 Å². The summed E-state index contributed by atoms with van der Waals surface area (Å²) in [6, 6.07) is 43.0. The van der Waals surface area contributed by atoms with Gasteiger partial charge in [-0.05, 0) is 97.8 Å². The molecule has 5 aromatic carbocycles. The molecule has 7 rings (SSSR count). The SMILES string of the molecule is C=C1/C=C\C(c2ccc3ccccc3c2)=C/C/C(c2ccc(-c3ccncc3)cc2)=C\C(c2ccc3ccccc3c2)=N1. The highest BCUT2D eigenvalue weighted by Gasteiger charge is 2.11. The molecule has 0 atom stereocenters. The second kappa shape index (κ2) is 11.7. The molecule has 0 saturated heterocycles. The van der Waals surface area contributed by atoms with Crippen LogP contribution in [0.2, 0.25) is 0 Å². The van der Waals surface area contributed by atoms with Crippen molar-refractivity contribution in [3.8, 4) is 11.1 Å². The second-order valence-electron chi connectivity index (χ2n) is 10.8. The van der Waals surface area contributed by atoms with Crippen LogP contribution in [0.5, 0.6) is 0 Å². The molecule has 2 nitrogen and oxygen atoms in total. The Morgan fingerprint density at radius 2 is 1.07 bits per heavy atom. The lowest BCUT2D eigenvalue weighted by Gasteiger charge is -2.13. The van der Waals surface area contributed by atoms with Gasteiger partial charge in [-0.15, -0.1) is 0 Å². The highest BCUT2D eigenvalue weighted by molar-refractivity contribution is 6.14. The molecule has 0 spiro atoms. The fourth-order valence-electron chi connectivity index (χ4n) is 5.62. The second-order valence-corrected chi connectivity index (χ2v) is 10.8. The van der Waals surface area contributed by atoms with E-state index in [1.807, 2.05) is 30.6 Å². The summed E-state index contributed by atoms with van der Waals surface area (Å²) in [7, 11) is 0. The van der Waals surface area contributed by atoms with Crippen LogP contribution in [0.25, 0.3) is 43.8 Å². The summed E-state index contributed by atoms with van der Waals surface area (Å²) in [6.45, 7) is 4.31. The van der Waals surface area contributed by atoms with Crippen LogP contribution in [0.3, 0.4) is 0 Å². The smallest absolute Gasteiger partial charge is 0.0712 e. The molecule has 204 valence electrons. The van der Waals surface area contributed by atoms with Gasteiger partial charge >= 0.3 is 0 Å². The van der Waals surface area contributed by atoms with E-state index in [0.29, 0.717) is 5.70 Å². The van der Waals surface area contributed by atoms with Crippen LogP contribution in [0.1, 0.15) is 23.1 Å². The number of pyridine rings is 1. The summed E-state index contributed by atoms with van der Waals surface area (Å²) < 4.78 is 0. The van der Waals surface area contributed by atoms with Crippen LogP contribution in [-0.2, 0) is 0 Å². The zero-order valence-electron chi connectivity index (χ0n) is 23.8. The van der Waals surface area contributed by atoms with E-state index in [9.17, 15) is 0 Å². The maximum absolute atomic E-state index is 5.06. The number of benzene rings is 5. The molecule has 0 unspecified atom stereocenters. The van der Waals surface area contributed by atoms with Crippen molar-refractivity contribution in [1.29, 1.82) is 0 Å². The number of aromatic nitrogens is 1. The lowest BCUT2D eigenvalue weighted by molar-refractivity contribution is 1.33. The van der Waals surface area contributed by atoms with Gasteiger partial charge in [-0.1, -0.05) is 116 Å². The molecule has 0 radical (unpaired) electrons. The molecule has 0 aliphatic carbocycles. The van der Waals surface area contributed by atoms with E-state index in [0.717, 1.165) is 34.4 Å². The number of rotatable bonds is 4. The van der Waals surface area contributed by atoms with Crippen molar-refractivity contribution in [2.75, 3.05) is 0 Å². The molecule has 1 aliphatic rings. The topological polar surface area (TPSA) is 25.2 Å². The summed E-state index contributed by atoms with van der Waals surface area (Å²) in [4.78, 5) is 9.23. The van der Waals surface area contributed by atoms with Crippen molar-refractivity contribution < 1.29 is 0 Å². The fourth-order valence-corrected chi connectivity index (χ4v) is 5.62. The molecule has 1 aromatic heterocycles. The highest BCUT2D eigenvalue weighted by Crippen LogP contribution is 2.30. The van der Waals surface area contributed by atoms with E-state index in [4.69, 9.17) is 4.99 Å². The minimum atomic E-state index is 0.709. The first kappa shape index (κ1) is 26.3. The van der Waals surface area contributed by atoms with Crippen molar-refractivity contribution in [2.24, 2.45) is 4.99 Å². The van der Waals surface area contributed by atoms with Crippen LogP contribution >= 0.6 is 0 Å². The van der Waals surface area contributed by atoms with Gasteiger partial charge in [0, 0.05) is 18.0 Å². The molecular weight excluding hydrogens is 520 g/mol. The Morgan fingerprint density at radius 1 is 0.512 bits per heavy atom. The van der Waals surface area contributed by atoms with Crippen molar-refractivity contribution in [1.82, 2.24) is 4.98 Å². The van der Waals surface area contributed by atoms with Gasteiger partial charge in [0.1, 0.15) is 0 Å².